The zero-order valence-corrected chi connectivity index (χ0v) is 21.0. The fraction of sp³-hybridized carbons (Fsp3) is 0.630. The maximum atomic E-state index is 12.7. The number of carboxylic acid groups (broad SMARTS) is 1. The summed E-state index contributed by atoms with van der Waals surface area (Å²) in [6.07, 6.45) is 11.4. The molecule has 9 heteroatoms. The van der Waals surface area contributed by atoms with Crippen LogP contribution in [0.3, 0.4) is 0 Å². The zero-order valence-electron chi connectivity index (χ0n) is 21.0. The van der Waals surface area contributed by atoms with Crippen LogP contribution in [0.2, 0.25) is 0 Å². The van der Waals surface area contributed by atoms with Gasteiger partial charge < -0.3 is 19.6 Å². The lowest BCUT2D eigenvalue weighted by Crippen LogP contribution is -2.36. The van der Waals surface area contributed by atoms with Crippen molar-refractivity contribution in [2.45, 2.75) is 77.2 Å². The summed E-state index contributed by atoms with van der Waals surface area (Å²) >= 11 is 0. The molecule has 0 radical (unpaired) electrons. The lowest BCUT2D eigenvalue weighted by Gasteiger charge is -2.23. The number of nitrogens with one attached hydrogen (secondary N) is 1. The summed E-state index contributed by atoms with van der Waals surface area (Å²) in [5.74, 6) is 0.992. The number of carbonyl (C=O) groups excluding carboxylic acids is 2. The molecule has 2 heterocycles. The number of fused-ring (bicyclic) bond motifs is 2. The maximum absolute atomic E-state index is 12.7. The molecule has 9 nitrogen and oxygen atoms in total. The van der Waals surface area contributed by atoms with E-state index in [9.17, 15) is 19.5 Å². The quantitative estimate of drug-likeness (QED) is 0.400. The number of hydrogen-bond donors (Lipinski definition) is 2. The third-order valence-electron chi connectivity index (χ3n) is 7.28. The zero-order chi connectivity index (χ0) is 25.3. The predicted octanol–water partition coefficient (Wildman–Crippen LogP) is 3.83. The van der Waals surface area contributed by atoms with E-state index in [1.54, 1.807) is 0 Å². The lowest BCUT2D eigenvalue weighted by molar-refractivity contribution is -0.144. The Kier molecular flexibility index (Phi) is 9.19. The molecule has 0 spiro atoms. The minimum atomic E-state index is -0.963. The highest BCUT2D eigenvalue weighted by Crippen LogP contribution is 2.31. The first-order chi connectivity index (χ1) is 17.5. The molecule has 3 aliphatic rings. The second kappa shape index (κ2) is 12.7. The fourth-order valence-electron chi connectivity index (χ4n) is 5.31. The minimum absolute atomic E-state index is 0.0473. The van der Waals surface area contributed by atoms with Crippen LogP contribution in [0.15, 0.2) is 23.2 Å². The number of benzene rings is 1. The second-order valence-electron chi connectivity index (χ2n) is 10.1. The highest BCUT2D eigenvalue weighted by molar-refractivity contribution is 6.05. The summed E-state index contributed by atoms with van der Waals surface area (Å²) < 4.78 is 5.86. The van der Waals surface area contributed by atoms with Gasteiger partial charge in [0, 0.05) is 25.6 Å². The van der Waals surface area contributed by atoms with Gasteiger partial charge in [-0.15, -0.1) is 0 Å². The van der Waals surface area contributed by atoms with Gasteiger partial charge in [0.05, 0.1) is 12.3 Å². The number of ether oxygens (including phenoxy) is 1. The molecule has 0 bridgehead atoms. The Balaban J connectivity index is 1.15. The van der Waals surface area contributed by atoms with Crippen molar-refractivity contribution in [1.29, 1.82) is 0 Å². The smallest absolute Gasteiger partial charge is 0.323 e. The first-order valence-corrected chi connectivity index (χ1v) is 13.4. The number of guanidine groups is 1. The molecule has 0 unspecified atom stereocenters. The summed E-state index contributed by atoms with van der Waals surface area (Å²) in [6, 6.07) is 5.74. The Morgan fingerprint density at radius 1 is 1.11 bits per heavy atom. The van der Waals surface area contributed by atoms with Crippen LogP contribution in [0, 0.1) is 5.92 Å². The third kappa shape index (κ3) is 7.45. The average Bonchev–Trinajstić information content (AvgIpc) is 3.23. The van der Waals surface area contributed by atoms with Gasteiger partial charge in [-0.05, 0) is 36.8 Å². The van der Waals surface area contributed by atoms with Crippen LogP contribution in [-0.2, 0) is 20.9 Å². The standard InChI is InChI=1S/C27H38N4O5/c32-24-18-31-17-21-12-13-22(16-23(21)28-27(31)29-24)36-15-7-5-11-25(33)30(19-26(34)35)14-6-4-10-20-8-2-1-3-9-20/h12-13,16,20H,1-11,14-15,17-19H2,(H,34,35)(H,28,29,32). The molecule has 2 amide bonds. The highest BCUT2D eigenvalue weighted by Gasteiger charge is 2.29. The first-order valence-electron chi connectivity index (χ1n) is 13.4. The molecule has 36 heavy (non-hydrogen) atoms. The average molecular weight is 499 g/mol. The van der Waals surface area contributed by atoms with Gasteiger partial charge in [0.2, 0.25) is 17.8 Å². The van der Waals surface area contributed by atoms with Gasteiger partial charge in [-0.25, -0.2) is 4.99 Å². The summed E-state index contributed by atoms with van der Waals surface area (Å²) in [6.45, 7) is 1.73. The number of carbonyl (C=O) groups is 3. The van der Waals surface area contributed by atoms with Crippen LogP contribution >= 0.6 is 0 Å². The molecule has 0 atom stereocenters. The van der Waals surface area contributed by atoms with Crippen LogP contribution in [-0.4, -0.2) is 64.9 Å². The Morgan fingerprint density at radius 3 is 2.75 bits per heavy atom. The van der Waals surface area contributed by atoms with E-state index in [1.165, 1.54) is 43.4 Å². The molecule has 2 fully saturated rings. The van der Waals surface area contributed by atoms with Gasteiger partial charge in [0.15, 0.2) is 0 Å². The topological polar surface area (TPSA) is 112 Å². The van der Waals surface area contributed by atoms with Crippen molar-refractivity contribution in [1.82, 2.24) is 15.1 Å². The van der Waals surface area contributed by atoms with E-state index >= 15 is 0 Å². The van der Waals surface area contributed by atoms with Crippen molar-refractivity contribution in [2.75, 3.05) is 26.2 Å². The normalized spacial score (nSPS) is 17.2. The minimum Gasteiger partial charge on any atom is -0.494 e. The van der Waals surface area contributed by atoms with Gasteiger partial charge in [0.1, 0.15) is 18.8 Å². The number of rotatable bonds is 13. The first kappa shape index (κ1) is 26.0. The Morgan fingerprint density at radius 2 is 1.94 bits per heavy atom. The number of hydrogen-bond acceptors (Lipinski definition) is 6. The van der Waals surface area contributed by atoms with Crippen LogP contribution < -0.4 is 10.1 Å². The van der Waals surface area contributed by atoms with Crippen LogP contribution in [0.1, 0.15) is 76.2 Å². The molecular weight excluding hydrogens is 460 g/mol. The lowest BCUT2D eigenvalue weighted by atomic mass is 9.86. The molecule has 1 saturated carbocycles. The molecule has 196 valence electrons. The summed E-state index contributed by atoms with van der Waals surface area (Å²) in [5, 5.41) is 12.0. The van der Waals surface area contributed by atoms with Gasteiger partial charge >= 0.3 is 5.97 Å². The Hall–Kier alpha value is -3.10. The van der Waals surface area contributed by atoms with Crippen molar-refractivity contribution in [3.05, 3.63) is 23.8 Å². The van der Waals surface area contributed by atoms with E-state index in [0.29, 0.717) is 57.2 Å². The predicted molar refractivity (Wildman–Crippen MR) is 136 cm³/mol. The monoisotopic (exact) mass is 498 g/mol. The molecular formula is C27H38N4O5. The number of carboxylic acids is 1. The van der Waals surface area contributed by atoms with E-state index in [1.807, 2.05) is 23.1 Å². The molecule has 1 aromatic rings. The van der Waals surface area contributed by atoms with Crippen LogP contribution in [0.4, 0.5) is 5.69 Å². The molecule has 2 aliphatic heterocycles. The molecule has 2 N–H and O–H groups in total. The van der Waals surface area contributed by atoms with E-state index < -0.39 is 5.97 Å². The Bertz CT molecular complexity index is 973. The highest BCUT2D eigenvalue weighted by atomic mass is 16.5. The van der Waals surface area contributed by atoms with Gasteiger partial charge in [-0.2, -0.15) is 0 Å². The van der Waals surface area contributed by atoms with Crippen molar-refractivity contribution in [3.8, 4) is 5.75 Å². The van der Waals surface area contributed by atoms with Gasteiger partial charge in [-0.1, -0.05) is 51.0 Å². The van der Waals surface area contributed by atoms with Crippen molar-refractivity contribution in [2.24, 2.45) is 10.9 Å². The summed E-state index contributed by atoms with van der Waals surface area (Å²) in [4.78, 5) is 43.4. The molecule has 1 saturated heterocycles. The number of amides is 2. The van der Waals surface area contributed by atoms with Crippen LogP contribution in [0.25, 0.3) is 0 Å². The number of unbranched alkanes of at least 4 members (excludes halogenated alkanes) is 2. The molecule has 1 aromatic carbocycles. The van der Waals surface area contributed by atoms with E-state index in [-0.39, 0.29) is 18.4 Å². The van der Waals surface area contributed by atoms with Crippen molar-refractivity contribution >= 4 is 29.4 Å². The van der Waals surface area contributed by atoms with Gasteiger partial charge in [0.25, 0.3) is 0 Å². The third-order valence-corrected chi connectivity index (χ3v) is 7.28. The molecule has 4 rings (SSSR count). The number of nitrogens with zero attached hydrogens (tertiary/aromatic N) is 3. The fourth-order valence-corrected chi connectivity index (χ4v) is 5.31. The number of aliphatic carboxylic acids is 1. The van der Waals surface area contributed by atoms with Crippen molar-refractivity contribution < 1.29 is 24.2 Å². The Labute approximate surface area is 212 Å². The summed E-state index contributed by atoms with van der Waals surface area (Å²) in [7, 11) is 0. The molecule has 1 aliphatic carbocycles. The van der Waals surface area contributed by atoms with Gasteiger partial charge in [-0.3, -0.25) is 19.7 Å². The van der Waals surface area contributed by atoms with E-state index in [0.717, 1.165) is 30.0 Å². The van der Waals surface area contributed by atoms with E-state index in [4.69, 9.17) is 4.74 Å². The van der Waals surface area contributed by atoms with E-state index in [2.05, 4.69) is 10.3 Å². The molecule has 0 aromatic heterocycles. The largest absolute Gasteiger partial charge is 0.494 e. The second-order valence-corrected chi connectivity index (χ2v) is 10.1. The van der Waals surface area contributed by atoms with Crippen LogP contribution in [0.5, 0.6) is 5.75 Å². The number of aliphatic imine (C=N–C) groups is 1. The summed E-state index contributed by atoms with van der Waals surface area (Å²) in [5.41, 5.74) is 1.84. The van der Waals surface area contributed by atoms with Crippen molar-refractivity contribution in [3.63, 3.8) is 0 Å². The maximum Gasteiger partial charge on any atom is 0.323 e. The SMILES string of the molecule is O=C(O)CN(CCCCC1CCCCC1)C(=O)CCCCOc1ccc2c(c1)N=C1NC(=O)CN1C2.